The largest absolute Gasteiger partial charge is 0.348 e. The molecule has 1 aromatic rings. The van der Waals surface area contributed by atoms with Gasteiger partial charge in [0.1, 0.15) is 0 Å². The van der Waals surface area contributed by atoms with Gasteiger partial charge in [-0.2, -0.15) is 0 Å². The first-order valence-electron chi connectivity index (χ1n) is 5.94. The van der Waals surface area contributed by atoms with E-state index in [4.69, 9.17) is 0 Å². The lowest BCUT2D eigenvalue weighted by atomic mass is 10.2. The Morgan fingerprint density at radius 3 is 2.44 bits per heavy atom. The third-order valence-electron chi connectivity index (χ3n) is 2.60. The summed E-state index contributed by atoms with van der Waals surface area (Å²) >= 11 is 0. The zero-order chi connectivity index (χ0) is 11.8. The Kier molecular flexibility index (Phi) is 5.41. The summed E-state index contributed by atoms with van der Waals surface area (Å²) in [6.45, 7) is 4.34. The molecule has 0 atom stereocenters. The van der Waals surface area contributed by atoms with E-state index in [0.717, 1.165) is 12.8 Å². The summed E-state index contributed by atoms with van der Waals surface area (Å²) in [7, 11) is 2.12. The lowest BCUT2D eigenvalue weighted by Crippen LogP contribution is -2.15. The van der Waals surface area contributed by atoms with Crippen LogP contribution in [0.1, 0.15) is 26.7 Å². The van der Waals surface area contributed by atoms with E-state index in [0.29, 0.717) is 0 Å². The van der Waals surface area contributed by atoms with E-state index in [9.17, 15) is 0 Å². The van der Waals surface area contributed by atoms with E-state index in [1.807, 2.05) is 6.07 Å². The van der Waals surface area contributed by atoms with Crippen molar-refractivity contribution in [3.63, 3.8) is 0 Å². The third-order valence-corrected chi connectivity index (χ3v) is 2.60. The summed E-state index contributed by atoms with van der Waals surface area (Å²) in [4.78, 5) is 2.24. The van der Waals surface area contributed by atoms with E-state index >= 15 is 0 Å². The molecule has 0 N–H and O–H groups in total. The fourth-order valence-electron chi connectivity index (χ4n) is 1.60. The number of anilines is 1. The van der Waals surface area contributed by atoms with Gasteiger partial charge in [0.15, 0.2) is 0 Å². The molecule has 0 saturated carbocycles. The summed E-state index contributed by atoms with van der Waals surface area (Å²) in [6.07, 6.45) is 8.63. The fraction of sp³-hybridized carbons (Fsp3) is 0.333. The minimum atomic E-state index is 1.04. The molecular weight excluding hydrogens is 194 g/mol. The van der Waals surface area contributed by atoms with Gasteiger partial charge in [0.2, 0.25) is 0 Å². The highest BCUT2D eigenvalue weighted by Crippen LogP contribution is 2.18. The number of allylic oxidation sites excluding steroid dienone is 4. The second-order valence-corrected chi connectivity index (χ2v) is 3.74. The molecule has 86 valence electrons. The monoisotopic (exact) mass is 215 g/mol. The summed E-state index contributed by atoms with van der Waals surface area (Å²) in [5, 5.41) is 0. The van der Waals surface area contributed by atoms with Crippen molar-refractivity contribution in [3.8, 4) is 0 Å². The summed E-state index contributed by atoms with van der Waals surface area (Å²) in [5.74, 6) is 0. The van der Waals surface area contributed by atoms with Gasteiger partial charge in [-0.15, -0.1) is 0 Å². The topological polar surface area (TPSA) is 3.24 Å². The van der Waals surface area contributed by atoms with Gasteiger partial charge < -0.3 is 4.90 Å². The predicted molar refractivity (Wildman–Crippen MR) is 72.7 cm³/mol. The van der Waals surface area contributed by atoms with E-state index in [2.05, 4.69) is 68.3 Å². The minimum absolute atomic E-state index is 1.04. The molecule has 0 saturated heterocycles. The van der Waals surface area contributed by atoms with Gasteiger partial charge in [-0.3, -0.25) is 0 Å². The Balaban J connectivity index is 2.81. The second-order valence-electron chi connectivity index (χ2n) is 3.74. The number of para-hydroxylation sites is 1. The van der Waals surface area contributed by atoms with Gasteiger partial charge in [-0.25, -0.2) is 0 Å². The first-order chi connectivity index (χ1) is 7.79. The molecule has 1 heteroatoms. The molecule has 0 fully saturated rings. The number of hydrogen-bond acceptors (Lipinski definition) is 1. The zero-order valence-corrected chi connectivity index (χ0v) is 10.5. The zero-order valence-electron chi connectivity index (χ0n) is 10.5. The van der Waals surface area contributed by atoms with Gasteiger partial charge in [0.25, 0.3) is 0 Å². The maximum Gasteiger partial charge on any atom is 0.0405 e. The van der Waals surface area contributed by atoms with Crippen LogP contribution in [0.2, 0.25) is 0 Å². The van der Waals surface area contributed by atoms with Gasteiger partial charge in [-0.05, 0) is 31.1 Å². The van der Waals surface area contributed by atoms with Crippen LogP contribution in [0.4, 0.5) is 5.69 Å². The van der Waals surface area contributed by atoms with Crippen LogP contribution in [0.5, 0.6) is 0 Å². The van der Waals surface area contributed by atoms with Crippen LogP contribution in [0.15, 0.2) is 54.3 Å². The molecule has 0 bridgehead atoms. The Morgan fingerprint density at radius 1 is 1.19 bits per heavy atom. The molecule has 1 rings (SSSR count). The molecule has 0 unspecified atom stereocenters. The number of nitrogens with zero attached hydrogens (tertiary/aromatic N) is 1. The van der Waals surface area contributed by atoms with Gasteiger partial charge >= 0.3 is 0 Å². The van der Waals surface area contributed by atoms with Crippen molar-refractivity contribution in [1.29, 1.82) is 0 Å². The molecule has 16 heavy (non-hydrogen) atoms. The number of benzene rings is 1. The Morgan fingerprint density at radius 2 is 1.88 bits per heavy atom. The molecule has 1 aromatic carbocycles. The van der Waals surface area contributed by atoms with Gasteiger partial charge in [0, 0.05) is 18.4 Å². The molecular formula is C15H21N. The molecule has 0 aliphatic heterocycles. The first-order valence-corrected chi connectivity index (χ1v) is 5.94. The Labute approximate surface area is 99.1 Å². The third kappa shape index (κ3) is 3.58. The maximum atomic E-state index is 2.24. The van der Waals surface area contributed by atoms with Gasteiger partial charge in [0.05, 0.1) is 0 Å². The van der Waals surface area contributed by atoms with Crippen LogP contribution in [0.25, 0.3) is 0 Å². The van der Waals surface area contributed by atoms with Crippen LogP contribution in [0.3, 0.4) is 0 Å². The van der Waals surface area contributed by atoms with E-state index in [1.165, 1.54) is 11.4 Å². The van der Waals surface area contributed by atoms with Crippen molar-refractivity contribution in [1.82, 2.24) is 0 Å². The Hall–Kier alpha value is -1.50. The minimum Gasteiger partial charge on any atom is -0.348 e. The lowest BCUT2D eigenvalue weighted by molar-refractivity contribution is 0.977. The van der Waals surface area contributed by atoms with Crippen molar-refractivity contribution in [3.05, 3.63) is 54.3 Å². The Bertz CT molecular complexity index is 349. The maximum absolute atomic E-state index is 2.24. The summed E-state index contributed by atoms with van der Waals surface area (Å²) < 4.78 is 0. The highest BCUT2D eigenvalue weighted by Gasteiger charge is 2.02. The van der Waals surface area contributed by atoms with E-state index in [-0.39, 0.29) is 0 Å². The summed E-state index contributed by atoms with van der Waals surface area (Å²) in [5.41, 5.74) is 2.57. The fourth-order valence-corrected chi connectivity index (χ4v) is 1.60. The van der Waals surface area contributed by atoms with Crippen LogP contribution < -0.4 is 4.90 Å². The molecule has 0 aliphatic rings. The predicted octanol–water partition coefficient (Wildman–Crippen LogP) is 4.38. The van der Waals surface area contributed by atoms with Gasteiger partial charge in [-0.1, -0.05) is 44.2 Å². The van der Waals surface area contributed by atoms with Crippen LogP contribution in [-0.2, 0) is 0 Å². The summed E-state index contributed by atoms with van der Waals surface area (Å²) in [6, 6.07) is 10.5. The average Bonchev–Trinajstić information content (AvgIpc) is 2.35. The second kappa shape index (κ2) is 6.89. The van der Waals surface area contributed by atoms with Crippen LogP contribution in [-0.4, -0.2) is 7.05 Å². The van der Waals surface area contributed by atoms with Crippen LogP contribution >= 0.6 is 0 Å². The average molecular weight is 215 g/mol. The molecule has 0 spiro atoms. The highest BCUT2D eigenvalue weighted by molar-refractivity contribution is 5.51. The van der Waals surface area contributed by atoms with Crippen molar-refractivity contribution >= 4 is 5.69 Å². The quantitative estimate of drug-likeness (QED) is 0.659. The molecule has 1 nitrogen and oxygen atoms in total. The van der Waals surface area contributed by atoms with E-state index in [1.54, 1.807) is 0 Å². The number of rotatable bonds is 5. The molecule has 0 aliphatic carbocycles. The first kappa shape index (κ1) is 12.6. The lowest BCUT2D eigenvalue weighted by Gasteiger charge is -2.21. The standard InChI is InChI=1S/C15H21N/c1-4-6-8-11-14(5-2)16(3)15-12-9-7-10-13-15/h6-13H,4-5H2,1-3H3/b8-6-,14-11+. The van der Waals surface area contributed by atoms with Crippen LogP contribution in [0, 0.1) is 0 Å². The normalized spacial score (nSPS) is 12.1. The SMILES string of the molecule is CC/C=C\C=C(/CC)N(C)c1ccccc1. The smallest absolute Gasteiger partial charge is 0.0405 e. The number of hydrogen-bond donors (Lipinski definition) is 0. The van der Waals surface area contributed by atoms with Crippen molar-refractivity contribution in [2.45, 2.75) is 26.7 Å². The van der Waals surface area contributed by atoms with E-state index < -0.39 is 0 Å². The molecule has 0 heterocycles. The molecule has 0 radical (unpaired) electrons. The van der Waals surface area contributed by atoms with Crippen molar-refractivity contribution < 1.29 is 0 Å². The molecule has 0 amide bonds. The highest BCUT2D eigenvalue weighted by atomic mass is 15.1. The molecule has 0 aromatic heterocycles. The van der Waals surface area contributed by atoms with Crippen molar-refractivity contribution in [2.24, 2.45) is 0 Å². The van der Waals surface area contributed by atoms with Crippen molar-refractivity contribution in [2.75, 3.05) is 11.9 Å².